The molecular weight excluding hydrogens is 464 g/mol. The van der Waals surface area contributed by atoms with Crippen LogP contribution in [-0.2, 0) is 30.2 Å². The van der Waals surface area contributed by atoms with Gasteiger partial charge in [-0.1, -0.05) is 60.9 Å². The quantitative estimate of drug-likeness (QED) is 0.225. The third-order valence-electron chi connectivity index (χ3n) is 5.61. The maximum absolute atomic E-state index is 12.7. The average molecular weight is 499 g/mol. The molecule has 0 N–H and O–H groups in total. The van der Waals surface area contributed by atoms with E-state index < -0.39 is 0 Å². The summed E-state index contributed by atoms with van der Waals surface area (Å²) in [5.41, 5.74) is 0.348. The molecule has 2 heterocycles. The first-order chi connectivity index (χ1) is 14.9. The lowest BCUT2D eigenvalue weighted by Crippen LogP contribution is -2.39. The normalized spacial score (nSPS) is 12.4. The zero-order valence-electron chi connectivity index (χ0n) is 18.9. The van der Waals surface area contributed by atoms with Crippen LogP contribution in [0.5, 0.6) is 0 Å². The van der Waals surface area contributed by atoms with Crippen LogP contribution in [0.15, 0.2) is 15.9 Å². The highest BCUT2D eigenvalue weighted by Gasteiger charge is 2.14. The molecule has 9 heteroatoms. The van der Waals surface area contributed by atoms with E-state index in [1.54, 1.807) is 25.0 Å². The summed E-state index contributed by atoms with van der Waals surface area (Å²) < 4.78 is 9.68. The van der Waals surface area contributed by atoms with Gasteiger partial charge in [0.1, 0.15) is 6.10 Å². The Balaban J connectivity index is 1.60. The number of carbonyl (C=O) groups excluding carboxylic acids is 1. The van der Waals surface area contributed by atoms with Crippen LogP contribution in [0.1, 0.15) is 71.1 Å². The largest absolute Gasteiger partial charge is 0.462 e. The Morgan fingerprint density at radius 1 is 1.03 bits per heavy atom. The first-order valence-corrected chi connectivity index (χ1v) is 12.3. The molecule has 0 saturated carbocycles. The number of esters is 1. The monoisotopic (exact) mass is 498 g/mol. The molecule has 0 saturated heterocycles. The standard InChI is InChI=1S/C22H35BrN4O4/c1-17(28)31-18(15-23)13-11-9-7-5-4-6-8-10-12-14-27-21(29)19-20(24-16-25(19)2)26(3)22(27)30/h16,18H,4-15H2,1-3H3. The molecule has 0 amide bonds. The van der Waals surface area contributed by atoms with Gasteiger partial charge in [0.15, 0.2) is 11.2 Å². The van der Waals surface area contributed by atoms with Crippen molar-refractivity contribution < 1.29 is 9.53 Å². The van der Waals surface area contributed by atoms with E-state index in [1.807, 2.05) is 0 Å². The summed E-state index contributed by atoms with van der Waals surface area (Å²) in [7, 11) is 3.43. The van der Waals surface area contributed by atoms with E-state index in [1.165, 1.54) is 41.7 Å². The number of imidazole rings is 1. The summed E-state index contributed by atoms with van der Waals surface area (Å²) in [6.07, 6.45) is 12.4. The molecule has 0 aromatic carbocycles. The number of aryl methyl sites for hydroxylation is 2. The fourth-order valence-electron chi connectivity index (χ4n) is 3.88. The summed E-state index contributed by atoms with van der Waals surface area (Å²) in [6.45, 7) is 1.90. The van der Waals surface area contributed by atoms with E-state index in [-0.39, 0.29) is 23.3 Å². The molecule has 0 aliphatic heterocycles. The number of ether oxygens (including phenoxy) is 1. The number of nitrogens with zero attached hydrogens (tertiary/aromatic N) is 4. The van der Waals surface area contributed by atoms with Crippen molar-refractivity contribution in [3.8, 4) is 0 Å². The fraction of sp³-hybridized carbons (Fsp3) is 0.727. The minimum absolute atomic E-state index is 0.0135. The molecule has 174 valence electrons. The predicted molar refractivity (Wildman–Crippen MR) is 126 cm³/mol. The Kier molecular flexibility index (Phi) is 10.5. The van der Waals surface area contributed by atoms with Gasteiger partial charge in [0.05, 0.1) is 6.33 Å². The number of unbranched alkanes of at least 4 members (excludes halogenated alkanes) is 8. The Labute approximate surface area is 191 Å². The van der Waals surface area contributed by atoms with Crippen molar-refractivity contribution in [3.63, 3.8) is 0 Å². The molecule has 2 rings (SSSR count). The smallest absolute Gasteiger partial charge is 0.332 e. The lowest BCUT2D eigenvalue weighted by Gasteiger charge is -2.13. The van der Waals surface area contributed by atoms with Crippen LogP contribution < -0.4 is 11.2 Å². The summed E-state index contributed by atoms with van der Waals surface area (Å²) in [5.74, 6) is -0.216. The molecule has 0 spiro atoms. The third kappa shape index (κ3) is 7.33. The minimum Gasteiger partial charge on any atom is -0.462 e. The number of halogens is 1. The fourth-order valence-corrected chi connectivity index (χ4v) is 4.33. The van der Waals surface area contributed by atoms with Gasteiger partial charge in [-0.05, 0) is 19.3 Å². The van der Waals surface area contributed by atoms with Gasteiger partial charge < -0.3 is 9.30 Å². The highest BCUT2D eigenvalue weighted by molar-refractivity contribution is 9.09. The Hall–Kier alpha value is -1.90. The van der Waals surface area contributed by atoms with E-state index in [9.17, 15) is 14.4 Å². The first kappa shape index (κ1) is 25.4. The van der Waals surface area contributed by atoms with Gasteiger partial charge in [-0.3, -0.25) is 18.7 Å². The van der Waals surface area contributed by atoms with E-state index >= 15 is 0 Å². The molecule has 2 aromatic rings. The molecule has 0 bridgehead atoms. The van der Waals surface area contributed by atoms with Gasteiger partial charge in [0.2, 0.25) is 0 Å². The molecule has 1 unspecified atom stereocenters. The maximum atomic E-state index is 12.7. The summed E-state index contributed by atoms with van der Waals surface area (Å²) in [4.78, 5) is 40.3. The van der Waals surface area contributed by atoms with Crippen LogP contribution in [-0.4, -0.2) is 36.1 Å². The second kappa shape index (κ2) is 12.8. The molecule has 0 aliphatic carbocycles. The van der Waals surface area contributed by atoms with E-state index in [2.05, 4.69) is 20.9 Å². The molecule has 0 radical (unpaired) electrons. The van der Waals surface area contributed by atoms with Crippen molar-refractivity contribution in [3.05, 3.63) is 27.2 Å². The molecule has 0 fully saturated rings. The van der Waals surface area contributed by atoms with E-state index in [4.69, 9.17) is 4.74 Å². The van der Waals surface area contributed by atoms with Gasteiger partial charge in [0, 0.05) is 32.9 Å². The van der Waals surface area contributed by atoms with Crippen LogP contribution in [0.2, 0.25) is 0 Å². The number of alkyl halides is 1. The first-order valence-electron chi connectivity index (χ1n) is 11.2. The lowest BCUT2D eigenvalue weighted by molar-refractivity contribution is -0.145. The van der Waals surface area contributed by atoms with Crippen molar-refractivity contribution in [1.29, 1.82) is 0 Å². The molecule has 8 nitrogen and oxygen atoms in total. The van der Waals surface area contributed by atoms with Gasteiger partial charge in [-0.25, -0.2) is 9.78 Å². The molecule has 0 aliphatic rings. The van der Waals surface area contributed by atoms with Gasteiger partial charge in [0.25, 0.3) is 5.56 Å². The summed E-state index contributed by atoms with van der Waals surface area (Å²) in [6, 6.07) is 0. The van der Waals surface area contributed by atoms with Crippen molar-refractivity contribution in [1.82, 2.24) is 18.7 Å². The number of rotatable bonds is 14. The Morgan fingerprint density at radius 3 is 2.19 bits per heavy atom. The lowest BCUT2D eigenvalue weighted by atomic mass is 10.1. The Bertz CT molecular complexity index is 963. The maximum Gasteiger partial charge on any atom is 0.332 e. The topological polar surface area (TPSA) is 88.1 Å². The highest BCUT2D eigenvalue weighted by Crippen LogP contribution is 2.14. The second-order valence-electron chi connectivity index (χ2n) is 8.18. The summed E-state index contributed by atoms with van der Waals surface area (Å²) in [5, 5.41) is 0.695. The van der Waals surface area contributed by atoms with Gasteiger partial charge in [-0.15, -0.1) is 0 Å². The van der Waals surface area contributed by atoms with E-state index in [0.717, 1.165) is 38.5 Å². The van der Waals surface area contributed by atoms with Crippen LogP contribution in [0, 0.1) is 0 Å². The van der Waals surface area contributed by atoms with Crippen LogP contribution in [0.3, 0.4) is 0 Å². The van der Waals surface area contributed by atoms with Crippen LogP contribution in [0.4, 0.5) is 0 Å². The van der Waals surface area contributed by atoms with Gasteiger partial charge in [-0.2, -0.15) is 0 Å². The second-order valence-corrected chi connectivity index (χ2v) is 8.83. The van der Waals surface area contributed by atoms with Crippen LogP contribution in [0.25, 0.3) is 11.2 Å². The predicted octanol–water partition coefficient (Wildman–Crippen LogP) is 3.66. The molecule has 2 aromatic heterocycles. The summed E-state index contributed by atoms with van der Waals surface area (Å²) >= 11 is 3.39. The number of hydrogen-bond donors (Lipinski definition) is 0. The average Bonchev–Trinajstić information content (AvgIpc) is 3.13. The van der Waals surface area contributed by atoms with Crippen molar-refractivity contribution in [2.24, 2.45) is 14.1 Å². The molecular formula is C22H35BrN4O4. The zero-order valence-corrected chi connectivity index (χ0v) is 20.5. The van der Waals surface area contributed by atoms with Gasteiger partial charge >= 0.3 is 11.7 Å². The van der Waals surface area contributed by atoms with Crippen molar-refractivity contribution >= 4 is 33.1 Å². The number of aromatic nitrogens is 4. The van der Waals surface area contributed by atoms with Crippen molar-refractivity contribution in [2.75, 3.05) is 5.33 Å². The van der Waals surface area contributed by atoms with E-state index in [0.29, 0.717) is 23.0 Å². The molecule has 31 heavy (non-hydrogen) atoms. The number of carbonyl (C=O) groups is 1. The zero-order chi connectivity index (χ0) is 22.8. The molecule has 1 atom stereocenters. The number of fused-ring (bicyclic) bond motifs is 1. The Morgan fingerprint density at radius 2 is 1.61 bits per heavy atom. The minimum atomic E-state index is -0.299. The highest BCUT2D eigenvalue weighted by atomic mass is 79.9. The third-order valence-corrected chi connectivity index (χ3v) is 6.34. The SMILES string of the molecule is CC(=O)OC(CBr)CCCCCCCCCCCn1c(=O)c2c(ncn2C)n(C)c1=O. The van der Waals surface area contributed by atoms with Crippen molar-refractivity contribution in [2.45, 2.75) is 83.8 Å². The van der Waals surface area contributed by atoms with Crippen LogP contribution >= 0.6 is 15.9 Å². The number of hydrogen-bond acceptors (Lipinski definition) is 5.